The van der Waals surface area contributed by atoms with E-state index >= 15 is 0 Å². The van der Waals surface area contributed by atoms with Crippen LogP contribution in [0.2, 0.25) is 0 Å². The first kappa shape index (κ1) is 16.5. The van der Waals surface area contributed by atoms with Crippen molar-refractivity contribution in [1.82, 2.24) is 4.90 Å². The van der Waals surface area contributed by atoms with E-state index < -0.39 is 30.8 Å². The van der Waals surface area contributed by atoms with Crippen LogP contribution in [-0.2, 0) is 4.74 Å². The molecule has 0 spiro atoms. The smallest absolute Gasteiger partial charge is 0.241 e. The summed E-state index contributed by atoms with van der Waals surface area (Å²) in [6.07, 6.45) is -4.87. The lowest BCUT2D eigenvalue weighted by Gasteiger charge is -2.38. The number of ether oxygens (including phenoxy) is 1. The molecule has 0 aromatic heterocycles. The minimum Gasteiger partial charge on any atom is -0.385 e. The molecule has 1 rings (SSSR count). The first-order valence-corrected chi connectivity index (χ1v) is 5.86. The molecule has 3 atom stereocenters. The number of amidine groups is 1. The van der Waals surface area contributed by atoms with Crippen molar-refractivity contribution in [2.75, 3.05) is 7.11 Å². The van der Waals surface area contributed by atoms with E-state index in [-0.39, 0.29) is 11.7 Å². The van der Waals surface area contributed by atoms with Crippen LogP contribution in [0.4, 0.5) is 13.2 Å². The van der Waals surface area contributed by atoms with E-state index in [2.05, 4.69) is 11.6 Å². The van der Waals surface area contributed by atoms with Crippen LogP contribution >= 0.6 is 0 Å². The van der Waals surface area contributed by atoms with Gasteiger partial charge in [0.25, 0.3) is 0 Å². The highest BCUT2D eigenvalue weighted by Crippen LogP contribution is 2.30. The van der Waals surface area contributed by atoms with Crippen LogP contribution in [0.25, 0.3) is 0 Å². The number of rotatable bonds is 6. The molecular weight excluding hydrogens is 275 g/mol. The fourth-order valence-corrected chi connectivity index (χ4v) is 1.79. The number of aliphatic hydroxyl groups excluding tert-OH is 1. The monoisotopic (exact) mass is 293 g/mol. The van der Waals surface area contributed by atoms with Crippen molar-refractivity contribution in [3.63, 3.8) is 0 Å². The summed E-state index contributed by atoms with van der Waals surface area (Å²) in [5.74, 6) is 0.0991. The predicted molar refractivity (Wildman–Crippen MR) is 68.7 cm³/mol. The summed E-state index contributed by atoms with van der Waals surface area (Å²) in [7, 11) is 1.13. The van der Waals surface area contributed by atoms with Crippen molar-refractivity contribution in [3.8, 4) is 0 Å². The Kier molecular flexibility index (Phi) is 5.18. The number of halogens is 3. The van der Waals surface area contributed by atoms with E-state index in [1.165, 1.54) is 19.2 Å². The maximum Gasteiger partial charge on any atom is 0.241 e. The molecule has 0 saturated carbocycles. The van der Waals surface area contributed by atoms with E-state index in [1.54, 1.807) is 0 Å². The summed E-state index contributed by atoms with van der Waals surface area (Å²) in [4.78, 5) is 4.64. The Bertz CT molecular complexity index is 428. The first-order valence-electron chi connectivity index (χ1n) is 5.86. The Balaban J connectivity index is 2.88. The normalized spacial score (nSPS) is 21.6. The summed E-state index contributed by atoms with van der Waals surface area (Å²) >= 11 is 0. The van der Waals surface area contributed by atoms with Gasteiger partial charge in [-0.2, -0.15) is 0 Å². The standard InChI is InChI=1S/C12H18F3N3O2/c1-7-17-9(16)4-5-18(7)11(15)10(19)12(2,20-3)6-8(13)14/h4-5,8,10-11,19H,1,6H2,2-3H3,(H2,16,17)/t10-,11-,12?/m0/s1. The first-order chi connectivity index (χ1) is 9.21. The molecule has 1 aliphatic heterocycles. The Hall–Kier alpha value is -1.54. The molecule has 0 aromatic carbocycles. The van der Waals surface area contributed by atoms with Crippen molar-refractivity contribution in [2.24, 2.45) is 10.7 Å². The summed E-state index contributed by atoms with van der Waals surface area (Å²) in [6, 6.07) is 0. The zero-order valence-electron chi connectivity index (χ0n) is 11.3. The second-order valence-electron chi connectivity index (χ2n) is 4.61. The average Bonchev–Trinajstić information content (AvgIpc) is 2.36. The van der Waals surface area contributed by atoms with Gasteiger partial charge in [0.15, 0.2) is 0 Å². The fourth-order valence-electron chi connectivity index (χ4n) is 1.79. The lowest BCUT2D eigenvalue weighted by atomic mass is 9.93. The third-order valence-corrected chi connectivity index (χ3v) is 3.14. The number of nitrogens with zero attached hydrogens (tertiary/aromatic N) is 2. The molecule has 8 heteroatoms. The fraction of sp³-hybridized carbons (Fsp3) is 0.583. The maximum absolute atomic E-state index is 14.3. The summed E-state index contributed by atoms with van der Waals surface area (Å²) in [5, 5.41) is 9.99. The van der Waals surface area contributed by atoms with E-state index in [4.69, 9.17) is 10.5 Å². The van der Waals surface area contributed by atoms with Gasteiger partial charge >= 0.3 is 0 Å². The van der Waals surface area contributed by atoms with Crippen LogP contribution in [0, 0.1) is 0 Å². The third kappa shape index (κ3) is 3.51. The van der Waals surface area contributed by atoms with Gasteiger partial charge in [0.1, 0.15) is 23.4 Å². The topological polar surface area (TPSA) is 71.1 Å². The number of methoxy groups -OCH3 is 1. The highest BCUT2D eigenvalue weighted by Gasteiger charge is 2.43. The van der Waals surface area contributed by atoms with Crippen LogP contribution in [0.3, 0.4) is 0 Å². The van der Waals surface area contributed by atoms with Gasteiger partial charge in [-0.05, 0) is 13.0 Å². The van der Waals surface area contributed by atoms with Crippen molar-refractivity contribution in [2.45, 2.75) is 37.8 Å². The molecular formula is C12H18F3N3O2. The van der Waals surface area contributed by atoms with Crippen LogP contribution in [-0.4, -0.2) is 47.4 Å². The summed E-state index contributed by atoms with van der Waals surface area (Å²) in [6.45, 7) is 4.70. The van der Waals surface area contributed by atoms with Crippen molar-refractivity contribution >= 4 is 5.84 Å². The third-order valence-electron chi connectivity index (χ3n) is 3.14. The molecule has 3 N–H and O–H groups in total. The highest BCUT2D eigenvalue weighted by molar-refractivity contribution is 5.92. The highest BCUT2D eigenvalue weighted by atomic mass is 19.3. The van der Waals surface area contributed by atoms with Crippen molar-refractivity contribution in [3.05, 3.63) is 24.7 Å². The Labute approximate surface area is 115 Å². The number of aliphatic hydroxyl groups is 1. The molecule has 5 nitrogen and oxygen atoms in total. The zero-order valence-corrected chi connectivity index (χ0v) is 11.3. The molecule has 1 heterocycles. The van der Waals surface area contributed by atoms with Gasteiger partial charge in [-0.25, -0.2) is 18.2 Å². The van der Waals surface area contributed by atoms with Gasteiger partial charge in [-0.1, -0.05) is 6.58 Å². The molecule has 0 aliphatic carbocycles. The number of alkyl halides is 3. The second kappa shape index (κ2) is 6.27. The minimum atomic E-state index is -2.74. The van der Waals surface area contributed by atoms with Crippen LogP contribution < -0.4 is 5.73 Å². The molecule has 1 aliphatic rings. The Morgan fingerprint density at radius 1 is 1.55 bits per heavy atom. The van der Waals surface area contributed by atoms with Crippen molar-refractivity contribution < 1.29 is 23.0 Å². The zero-order chi connectivity index (χ0) is 15.5. The Morgan fingerprint density at radius 3 is 2.60 bits per heavy atom. The number of hydrogen-bond donors (Lipinski definition) is 2. The molecule has 0 aromatic rings. The van der Waals surface area contributed by atoms with Crippen LogP contribution in [0.1, 0.15) is 13.3 Å². The SMILES string of the molecule is C=C1N=C(N)C=CN1[C@H](F)[C@H](O)C(C)(CC(F)F)OC. The van der Waals surface area contributed by atoms with Crippen LogP contribution in [0.5, 0.6) is 0 Å². The Morgan fingerprint density at radius 2 is 2.15 bits per heavy atom. The minimum absolute atomic E-state index is 0.0351. The largest absolute Gasteiger partial charge is 0.385 e. The second-order valence-corrected chi connectivity index (χ2v) is 4.61. The lowest BCUT2D eigenvalue weighted by molar-refractivity contribution is -0.156. The average molecular weight is 293 g/mol. The molecule has 0 radical (unpaired) electrons. The molecule has 0 fully saturated rings. The molecule has 0 amide bonds. The van der Waals surface area contributed by atoms with Crippen LogP contribution in [0.15, 0.2) is 29.7 Å². The van der Waals surface area contributed by atoms with E-state index in [9.17, 15) is 18.3 Å². The van der Waals surface area contributed by atoms with Gasteiger partial charge in [-0.15, -0.1) is 0 Å². The van der Waals surface area contributed by atoms with Gasteiger partial charge in [0.2, 0.25) is 12.7 Å². The van der Waals surface area contributed by atoms with Gasteiger partial charge in [0, 0.05) is 19.7 Å². The lowest BCUT2D eigenvalue weighted by Crippen LogP contribution is -2.52. The molecule has 1 unspecified atom stereocenters. The van der Waals surface area contributed by atoms with Gasteiger partial charge < -0.3 is 20.5 Å². The maximum atomic E-state index is 14.3. The number of aliphatic imine (C=N–C) groups is 1. The molecule has 114 valence electrons. The van der Waals surface area contributed by atoms with E-state index in [0.717, 1.165) is 12.0 Å². The molecule has 0 saturated heterocycles. The van der Waals surface area contributed by atoms with Gasteiger partial charge in [-0.3, -0.25) is 0 Å². The number of hydrogen-bond acceptors (Lipinski definition) is 5. The number of nitrogens with two attached hydrogens (primary N) is 1. The summed E-state index contributed by atoms with van der Waals surface area (Å²) < 4.78 is 44.2. The van der Waals surface area contributed by atoms with E-state index in [1.807, 2.05) is 0 Å². The van der Waals surface area contributed by atoms with E-state index in [0.29, 0.717) is 0 Å². The quantitative estimate of drug-likeness (QED) is 0.725. The molecule has 20 heavy (non-hydrogen) atoms. The van der Waals surface area contributed by atoms with Gasteiger partial charge in [0.05, 0.1) is 0 Å². The predicted octanol–water partition coefficient (Wildman–Crippen LogP) is 1.36. The van der Waals surface area contributed by atoms with Crippen molar-refractivity contribution in [1.29, 1.82) is 0 Å². The summed E-state index contributed by atoms with van der Waals surface area (Å²) in [5.41, 5.74) is 3.67. The molecule has 0 bridgehead atoms.